The average molecular weight is 412 g/mol. The summed E-state index contributed by atoms with van der Waals surface area (Å²) in [7, 11) is 0. The van der Waals surface area contributed by atoms with E-state index in [1.807, 2.05) is 0 Å². The first-order valence-corrected chi connectivity index (χ1v) is 9.09. The number of ketones is 1. The smallest absolute Gasteiger partial charge is 0.270 e. The minimum Gasteiger partial charge on any atom is -0.467 e. The van der Waals surface area contributed by atoms with E-state index < -0.39 is 16.7 Å². The van der Waals surface area contributed by atoms with E-state index in [2.05, 4.69) is 5.32 Å². The van der Waals surface area contributed by atoms with Crippen molar-refractivity contribution in [3.63, 3.8) is 0 Å². The molecule has 1 aromatic carbocycles. The summed E-state index contributed by atoms with van der Waals surface area (Å²) >= 11 is 5.48. The molecule has 9 heteroatoms. The van der Waals surface area contributed by atoms with Crippen LogP contribution in [-0.4, -0.2) is 20.8 Å². The second kappa shape index (κ2) is 9.18. The molecule has 0 amide bonds. The van der Waals surface area contributed by atoms with Gasteiger partial charge in [0.15, 0.2) is 17.4 Å². The van der Waals surface area contributed by atoms with Crippen molar-refractivity contribution >= 4 is 28.7 Å². The first-order valence-electron chi connectivity index (χ1n) is 8.69. The van der Waals surface area contributed by atoms with E-state index in [4.69, 9.17) is 16.6 Å². The van der Waals surface area contributed by atoms with Gasteiger partial charge in [-0.25, -0.2) is 0 Å². The van der Waals surface area contributed by atoms with Crippen LogP contribution in [0.4, 0.5) is 5.69 Å². The van der Waals surface area contributed by atoms with Gasteiger partial charge in [0.25, 0.3) is 11.7 Å². The van der Waals surface area contributed by atoms with Gasteiger partial charge < -0.3 is 14.8 Å². The number of nitro benzene ring substituents is 1. The molecule has 0 saturated heterocycles. The van der Waals surface area contributed by atoms with Gasteiger partial charge in [0.1, 0.15) is 5.76 Å². The highest BCUT2D eigenvalue weighted by molar-refractivity contribution is 7.80. The fourth-order valence-electron chi connectivity index (χ4n) is 2.80. The van der Waals surface area contributed by atoms with Crippen LogP contribution >= 0.6 is 12.2 Å². The lowest BCUT2D eigenvalue weighted by Gasteiger charge is -2.14. The number of pyridine rings is 1. The summed E-state index contributed by atoms with van der Waals surface area (Å²) in [5.41, 5.74) is 0.574. The number of Topliss-reactive ketones (excluding diaryl/α,β-unsaturated/α-hetero) is 1. The predicted molar refractivity (Wildman–Crippen MR) is 107 cm³/mol. The number of aromatic nitrogens is 1. The molecule has 148 valence electrons. The van der Waals surface area contributed by atoms with E-state index in [0.717, 1.165) is 0 Å². The van der Waals surface area contributed by atoms with Crippen LogP contribution in [0.5, 0.6) is 0 Å². The molecule has 2 heterocycles. The molecular formula is C20H18N3O5S+. The summed E-state index contributed by atoms with van der Waals surface area (Å²) in [6, 6.07) is 11.5. The molecule has 2 N–H and O–H groups in total. The van der Waals surface area contributed by atoms with Gasteiger partial charge in [-0.1, -0.05) is 24.4 Å². The van der Waals surface area contributed by atoms with E-state index >= 15 is 0 Å². The number of aliphatic hydroxyl groups is 1. The van der Waals surface area contributed by atoms with Crippen molar-refractivity contribution in [1.82, 2.24) is 5.32 Å². The Bertz CT molecular complexity index is 1040. The molecule has 29 heavy (non-hydrogen) atoms. The second-order valence-electron chi connectivity index (χ2n) is 6.19. The highest BCUT2D eigenvalue weighted by atomic mass is 32.1. The van der Waals surface area contributed by atoms with Crippen LogP contribution in [0.25, 0.3) is 0 Å². The highest BCUT2D eigenvalue weighted by Gasteiger charge is 2.34. The summed E-state index contributed by atoms with van der Waals surface area (Å²) in [6.45, 7) is 0.0793. The number of nitro groups is 1. The third-order valence-corrected chi connectivity index (χ3v) is 4.59. The number of carbonyl (C=O) groups excluding carboxylic acids is 1. The number of benzene rings is 1. The molecule has 3 aromatic rings. The monoisotopic (exact) mass is 412 g/mol. The fourth-order valence-corrected chi connectivity index (χ4v) is 3.10. The molecule has 2 aromatic heterocycles. The van der Waals surface area contributed by atoms with Crippen LogP contribution in [0.2, 0.25) is 0 Å². The molecule has 0 unspecified atom stereocenters. The summed E-state index contributed by atoms with van der Waals surface area (Å²) in [6.07, 6.45) is 4.80. The first-order chi connectivity index (χ1) is 14.0. The Morgan fingerprint density at radius 1 is 1.28 bits per heavy atom. The average Bonchev–Trinajstić information content (AvgIpc) is 3.26. The van der Waals surface area contributed by atoms with E-state index in [9.17, 15) is 20.0 Å². The summed E-state index contributed by atoms with van der Waals surface area (Å²) in [5.74, 6) is 0.230. The Kier molecular flexibility index (Phi) is 6.43. The Morgan fingerprint density at radius 2 is 2.10 bits per heavy atom. The normalized spacial score (nSPS) is 11.6. The lowest BCUT2D eigenvalue weighted by atomic mass is 10.0. The molecule has 0 spiro atoms. The summed E-state index contributed by atoms with van der Waals surface area (Å²) < 4.78 is 6.84. The van der Waals surface area contributed by atoms with E-state index in [1.165, 1.54) is 30.5 Å². The number of hydrogen-bond acceptors (Lipinski definition) is 6. The standard InChI is InChI=1S/C20H17N3O5S/c24-13-14-4-2-8-22(12-14)18(20(29)21-11-17-7-3-9-28-17)19(25)15-5-1-6-16(10-15)23(26)27/h1-10,12,18,24H,11,13H2/p+1/t18-/m1/s1. The quantitative estimate of drug-likeness (QED) is 0.192. The molecular weight excluding hydrogens is 394 g/mol. The Labute approximate surface area is 171 Å². The maximum Gasteiger partial charge on any atom is 0.270 e. The number of rotatable bonds is 8. The van der Waals surface area contributed by atoms with Crippen LogP contribution in [0, 0.1) is 10.1 Å². The van der Waals surface area contributed by atoms with Crippen molar-refractivity contribution in [3.8, 4) is 0 Å². The molecule has 0 aliphatic carbocycles. The number of thiocarbonyl (C=S) groups is 1. The zero-order chi connectivity index (χ0) is 20.8. The van der Waals surface area contributed by atoms with Gasteiger partial charge in [-0.3, -0.25) is 14.9 Å². The van der Waals surface area contributed by atoms with E-state index in [1.54, 1.807) is 41.2 Å². The number of hydrogen-bond donors (Lipinski definition) is 2. The van der Waals surface area contributed by atoms with Crippen LogP contribution in [-0.2, 0) is 13.2 Å². The fraction of sp³-hybridized carbons (Fsp3) is 0.150. The molecule has 0 fully saturated rings. The largest absolute Gasteiger partial charge is 0.467 e. The van der Waals surface area contributed by atoms with Crippen molar-refractivity contribution in [2.45, 2.75) is 19.2 Å². The Balaban J connectivity index is 1.94. The molecule has 0 aliphatic rings. The molecule has 3 rings (SSSR count). The predicted octanol–water partition coefficient (Wildman–Crippen LogP) is 2.51. The number of non-ortho nitro benzene ring substituents is 1. The zero-order valence-corrected chi connectivity index (χ0v) is 16.0. The maximum absolute atomic E-state index is 13.3. The number of nitrogens with zero attached hydrogens (tertiary/aromatic N) is 2. The van der Waals surface area contributed by atoms with Crippen LogP contribution < -0.4 is 9.88 Å². The van der Waals surface area contributed by atoms with E-state index in [0.29, 0.717) is 11.3 Å². The van der Waals surface area contributed by atoms with Crippen LogP contribution in [0.1, 0.15) is 27.7 Å². The van der Waals surface area contributed by atoms with Gasteiger partial charge in [0.05, 0.1) is 24.3 Å². The van der Waals surface area contributed by atoms with Gasteiger partial charge in [-0.05, 0) is 18.2 Å². The van der Waals surface area contributed by atoms with Crippen LogP contribution in [0.15, 0.2) is 71.6 Å². The molecule has 0 aliphatic heterocycles. The Morgan fingerprint density at radius 3 is 2.79 bits per heavy atom. The minimum absolute atomic E-state index is 0.160. The van der Waals surface area contributed by atoms with Crippen LogP contribution in [0.3, 0.4) is 0 Å². The van der Waals surface area contributed by atoms with Crippen molar-refractivity contribution in [2.24, 2.45) is 0 Å². The molecule has 0 radical (unpaired) electrons. The number of furan rings is 1. The molecule has 1 atom stereocenters. The lowest BCUT2D eigenvalue weighted by Crippen LogP contribution is -2.51. The third-order valence-electron chi connectivity index (χ3n) is 4.22. The summed E-state index contributed by atoms with van der Waals surface area (Å²) in [5, 5.41) is 23.5. The van der Waals surface area contributed by atoms with Crippen molar-refractivity contribution in [2.75, 3.05) is 0 Å². The lowest BCUT2D eigenvalue weighted by molar-refractivity contribution is -0.692. The molecule has 0 bridgehead atoms. The summed E-state index contributed by atoms with van der Waals surface area (Å²) in [4.78, 5) is 24.0. The highest BCUT2D eigenvalue weighted by Crippen LogP contribution is 2.18. The SMILES string of the molecule is O=C(c1cccc([N+](=O)[O-])c1)[C@H](C(=S)NCc1ccco1)[n+]1cccc(CO)c1. The zero-order valence-electron chi connectivity index (χ0n) is 15.2. The number of aliphatic hydroxyl groups excluding tert-OH is 1. The van der Waals surface area contributed by atoms with Gasteiger partial charge in [0.2, 0.25) is 5.78 Å². The molecule has 0 saturated carbocycles. The van der Waals surface area contributed by atoms with Crippen molar-refractivity contribution < 1.29 is 23.8 Å². The Hall–Kier alpha value is -3.43. The van der Waals surface area contributed by atoms with Gasteiger partial charge >= 0.3 is 0 Å². The van der Waals surface area contributed by atoms with Crippen molar-refractivity contribution in [1.29, 1.82) is 0 Å². The topological polar surface area (TPSA) is 109 Å². The second-order valence-corrected chi connectivity index (χ2v) is 6.63. The van der Waals surface area contributed by atoms with Gasteiger partial charge in [-0.2, -0.15) is 4.57 Å². The number of nitrogens with one attached hydrogen (secondary N) is 1. The number of carbonyl (C=O) groups is 1. The maximum atomic E-state index is 13.3. The van der Waals surface area contributed by atoms with Crippen molar-refractivity contribution in [3.05, 3.63) is 94.2 Å². The minimum atomic E-state index is -0.950. The molecule has 8 nitrogen and oxygen atoms in total. The third kappa shape index (κ3) is 4.89. The van der Waals surface area contributed by atoms with E-state index in [-0.39, 0.29) is 29.4 Å². The van der Waals surface area contributed by atoms with Gasteiger partial charge in [-0.15, -0.1) is 0 Å². The first kappa shape index (κ1) is 20.3. The van der Waals surface area contributed by atoms with Gasteiger partial charge in [0, 0.05) is 29.3 Å².